The zero-order chi connectivity index (χ0) is 21.8. The molecule has 0 unspecified atom stereocenters. The Bertz CT molecular complexity index is 1090. The van der Waals surface area contributed by atoms with Gasteiger partial charge < -0.3 is 24.3 Å². The molecule has 0 atom stereocenters. The average Bonchev–Trinajstić information content (AvgIpc) is 2.77. The Morgan fingerprint density at radius 2 is 1.68 bits per heavy atom. The lowest BCUT2D eigenvalue weighted by Crippen LogP contribution is -2.15. The Hall–Kier alpha value is -2.83. The van der Waals surface area contributed by atoms with Gasteiger partial charge in [0.1, 0.15) is 25.6 Å². The van der Waals surface area contributed by atoms with Gasteiger partial charge in [-0.1, -0.05) is 29.3 Å². The van der Waals surface area contributed by atoms with E-state index in [9.17, 15) is 4.39 Å². The lowest BCUT2D eigenvalue weighted by molar-refractivity contribution is 0.171. The molecule has 0 aromatic heterocycles. The van der Waals surface area contributed by atoms with Crippen LogP contribution in [0.2, 0.25) is 10.0 Å². The summed E-state index contributed by atoms with van der Waals surface area (Å²) in [5.74, 6) is 2.05. The highest BCUT2D eigenvalue weighted by Gasteiger charge is 2.14. The van der Waals surface area contributed by atoms with E-state index in [1.807, 2.05) is 24.3 Å². The molecule has 5 nitrogen and oxygen atoms in total. The van der Waals surface area contributed by atoms with Crippen LogP contribution in [-0.4, -0.2) is 20.3 Å². The minimum Gasteiger partial charge on any atom is -0.493 e. The summed E-state index contributed by atoms with van der Waals surface area (Å²) in [4.78, 5) is 0. The topological polar surface area (TPSA) is 49.0 Å². The van der Waals surface area contributed by atoms with E-state index in [0.717, 1.165) is 17.0 Å². The molecule has 1 aliphatic heterocycles. The number of halogens is 3. The van der Waals surface area contributed by atoms with Gasteiger partial charge in [0.05, 0.1) is 12.1 Å². The highest BCUT2D eigenvalue weighted by molar-refractivity contribution is 6.31. The minimum atomic E-state index is -0.399. The highest BCUT2D eigenvalue weighted by atomic mass is 35.5. The fourth-order valence-corrected chi connectivity index (χ4v) is 3.57. The summed E-state index contributed by atoms with van der Waals surface area (Å²) >= 11 is 12.5. The first-order valence-electron chi connectivity index (χ1n) is 9.60. The van der Waals surface area contributed by atoms with Gasteiger partial charge in [-0.2, -0.15) is 0 Å². The van der Waals surface area contributed by atoms with Crippen molar-refractivity contribution in [2.45, 2.75) is 13.2 Å². The predicted molar refractivity (Wildman–Crippen MR) is 119 cm³/mol. The van der Waals surface area contributed by atoms with Crippen LogP contribution in [0.5, 0.6) is 23.0 Å². The van der Waals surface area contributed by atoms with Gasteiger partial charge in [-0.3, -0.25) is 0 Å². The SMILES string of the molecule is COc1cc(CNc2ccc3c(c2)OCCO3)c(Cl)cc1OCc1ccc(F)cc1Cl. The van der Waals surface area contributed by atoms with Crippen LogP contribution >= 0.6 is 23.2 Å². The summed E-state index contributed by atoms with van der Waals surface area (Å²) in [6.07, 6.45) is 0. The van der Waals surface area contributed by atoms with Crippen LogP contribution in [0.3, 0.4) is 0 Å². The Labute approximate surface area is 189 Å². The van der Waals surface area contributed by atoms with E-state index in [4.69, 9.17) is 42.1 Å². The van der Waals surface area contributed by atoms with Crippen molar-refractivity contribution in [2.24, 2.45) is 0 Å². The Morgan fingerprint density at radius 1 is 0.903 bits per heavy atom. The van der Waals surface area contributed by atoms with Crippen LogP contribution in [0.25, 0.3) is 0 Å². The summed E-state index contributed by atoms with van der Waals surface area (Å²) in [5, 5.41) is 4.14. The molecule has 1 heterocycles. The van der Waals surface area contributed by atoms with E-state index in [-0.39, 0.29) is 6.61 Å². The molecule has 3 aromatic carbocycles. The van der Waals surface area contributed by atoms with Crippen LogP contribution in [0, 0.1) is 5.82 Å². The molecular weight excluding hydrogens is 444 g/mol. The van der Waals surface area contributed by atoms with Crippen LogP contribution in [0.4, 0.5) is 10.1 Å². The van der Waals surface area contributed by atoms with Crippen molar-refractivity contribution in [3.63, 3.8) is 0 Å². The fraction of sp³-hybridized carbons (Fsp3) is 0.217. The number of hydrogen-bond donors (Lipinski definition) is 1. The van der Waals surface area contributed by atoms with Crippen LogP contribution in [0.1, 0.15) is 11.1 Å². The molecule has 0 radical (unpaired) electrons. The molecule has 162 valence electrons. The largest absolute Gasteiger partial charge is 0.493 e. The summed E-state index contributed by atoms with van der Waals surface area (Å²) in [6.45, 7) is 1.71. The summed E-state index contributed by atoms with van der Waals surface area (Å²) in [7, 11) is 1.55. The van der Waals surface area contributed by atoms with E-state index < -0.39 is 5.82 Å². The number of methoxy groups -OCH3 is 1. The Balaban J connectivity index is 1.45. The van der Waals surface area contributed by atoms with Gasteiger partial charge in [0.2, 0.25) is 0 Å². The molecule has 31 heavy (non-hydrogen) atoms. The molecule has 0 spiro atoms. The second kappa shape index (κ2) is 9.54. The van der Waals surface area contributed by atoms with Gasteiger partial charge in [0.25, 0.3) is 0 Å². The molecule has 0 saturated carbocycles. The maximum Gasteiger partial charge on any atom is 0.163 e. The Morgan fingerprint density at radius 3 is 2.45 bits per heavy atom. The molecule has 0 fully saturated rings. The lowest BCUT2D eigenvalue weighted by atomic mass is 10.1. The molecule has 8 heteroatoms. The second-order valence-electron chi connectivity index (χ2n) is 6.83. The average molecular weight is 464 g/mol. The molecular formula is C23H20Cl2FNO4. The number of benzene rings is 3. The van der Waals surface area contributed by atoms with Gasteiger partial charge in [-0.05, 0) is 35.9 Å². The van der Waals surface area contributed by atoms with E-state index in [2.05, 4.69) is 5.32 Å². The second-order valence-corrected chi connectivity index (χ2v) is 7.65. The molecule has 0 saturated heterocycles. The first kappa shape index (κ1) is 21.4. The number of anilines is 1. The van der Waals surface area contributed by atoms with E-state index in [1.54, 1.807) is 19.2 Å². The molecule has 4 rings (SSSR count). The van der Waals surface area contributed by atoms with Crippen LogP contribution in [0.15, 0.2) is 48.5 Å². The smallest absolute Gasteiger partial charge is 0.163 e. The molecule has 3 aromatic rings. The molecule has 0 amide bonds. The molecule has 1 aliphatic rings. The third kappa shape index (κ3) is 5.09. The van der Waals surface area contributed by atoms with Gasteiger partial charge in [0, 0.05) is 35.0 Å². The van der Waals surface area contributed by atoms with Crippen molar-refractivity contribution in [1.82, 2.24) is 0 Å². The van der Waals surface area contributed by atoms with Gasteiger partial charge in [0.15, 0.2) is 23.0 Å². The zero-order valence-electron chi connectivity index (χ0n) is 16.7. The van der Waals surface area contributed by atoms with Crippen molar-refractivity contribution < 1.29 is 23.3 Å². The monoisotopic (exact) mass is 463 g/mol. The number of rotatable bonds is 7. The Kier molecular flexibility index (Phi) is 6.59. The summed E-state index contributed by atoms with van der Waals surface area (Å²) in [6, 6.07) is 13.4. The predicted octanol–water partition coefficient (Wildman–Crippen LogP) is 6.10. The standard InChI is InChI=1S/C23H20Cl2FNO4/c1-28-21-8-15(12-27-17-4-5-20-22(10-17)30-7-6-29-20)19(25)11-23(21)31-13-14-2-3-16(26)9-18(14)24/h2-5,8-11,27H,6-7,12-13H2,1H3. The van der Waals surface area contributed by atoms with E-state index in [0.29, 0.717) is 52.6 Å². The van der Waals surface area contributed by atoms with E-state index in [1.165, 1.54) is 12.1 Å². The van der Waals surface area contributed by atoms with Crippen molar-refractivity contribution in [1.29, 1.82) is 0 Å². The zero-order valence-corrected chi connectivity index (χ0v) is 18.2. The van der Waals surface area contributed by atoms with E-state index >= 15 is 0 Å². The maximum absolute atomic E-state index is 13.2. The van der Waals surface area contributed by atoms with Crippen LogP contribution in [-0.2, 0) is 13.2 Å². The minimum absolute atomic E-state index is 0.153. The third-order valence-electron chi connectivity index (χ3n) is 4.76. The first-order valence-corrected chi connectivity index (χ1v) is 10.4. The first-order chi connectivity index (χ1) is 15.0. The maximum atomic E-state index is 13.2. The number of nitrogens with one attached hydrogen (secondary N) is 1. The van der Waals surface area contributed by atoms with Crippen molar-refractivity contribution >= 4 is 28.9 Å². The number of ether oxygens (including phenoxy) is 4. The highest BCUT2D eigenvalue weighted by Crippen LogP contribution is 2.36. The number of fused-ring (bicyclic) bond motifs is 1. The van der Waals surface area contributed by atoms with Gasteiger partial charge >= 0.3 is 0 Å². The summed E-state index contributed by atoms with van der Waals surface area (Å²) in [5.41, 5.74) is 2.37. The molecule has 0 bridgehead atoms. The number of hydrogen-bond acceptors (Lipinski definition) is 5. The normalized spacial score (nSPS) is 12.4. The van der Waals surface area contributed by atoms with Crippen molar-refractivity contribution in [3.8, 4) is 23.0 Å². The summed E-state index contributed by atoms with van der Waals surface area (Å²) < 4.78 is 35.7. The van der Waals surface area contributed by atoms with Gasteiger partial charge in [-0.15, -0.1) is 0 Å². The molecule has 0 aliphatic carbocycles. The van der Waals surface area contributed by atoms with Crippen molar-refractivity contribution in [2.75, 3.05) is 25.6 Å². The lowest BCUT2D eigenvalue weighted by Gasteiger charge is -2.19. The van der Waals surface area contributed by atoms with Crippen molar-refractivity contribution in [3.05, 3.63) is 75.5 Å². The van der Waals surface area contributed by atoms with Gasteiger partial charge in [-0.25, -0.2) is 4.39 Å². The fourth-order valence-electron chi connectivity index (χ4n) is 3.13. The van der Waals surface area contributed by atoms with Crippen LogP contribution < -0.4 is 24.3 Å². The molecule has 1 N–H and O–H groups in total. The quantitative estimate of drug-likeness (QED) is 0.458. The third-order valence-corrected chi connectivity index (χ3v) is 5.46.